The predicted molar refractivity (Wildman–Crippen MR) is 97.3 cm³/mol. The molecule has 0 bridgehead atoms. The van der Waals surface area contributed by atoms with Gasteiger partial charge in [0.1, 0.15) is 5.82 Å². The third-order valence-electron chi connectivity index (χ3n) is 4.32. The zero-order valence-electron chi connectivity index (χ0n) is 14.8. The summed E-state index contributed by atoms with van der Waals surface area (Å²) in [4.78, 5) is 16.2. The summed E-state index contributed by atoms with van der Waals surface area (Å²) in [5, 5.41) is 2.45. The van der Waals surface area contributed by atoms with Gasteiger partial charge in [0, 0.05) is 25.5 Å². The lowest BCUT2D eigenvalue weighted by atomic mass is 10.1. The number of aromatic nitrogens is 1. The number of morpholine rings is 1. The second-order valence-electron chi connectivity index (χ2n) is 6.19. The normalized spacial score (nSPS) is 15.5. The lowest BCUT2D eigenvalue weighted by Crippen LogP contribution is -2.40. The van der Waals surface area contributed by atoms with E-state index in [2.05, 4.69) is 10.3 Å². The molecule has 2 heterocycles. The molecule has 1 N–H and O–H groups in total. The van der Waals surface area contributed by atoms with E-state index in [0.717, 1.165) is 17.7 Å². The predicted octanol–water partition coefficient (Wildman–Crippen LogP) is 1.73. The SMILES string of the molecule is Cc1ccncc1CC(=O)Nc1cc(S(=O)(=O)N2CCOCC2)ccc1F. The molecule has 1 aliphatic heterocycles. The number of aryl methyl sites for hydroxylation is 1. The van der Waals surface area contributed by atoms with Gasteiger partial charge >= 0.3 is 0 Å². The third-order valence-corrected chi connectivity index (χ3v) is 6.21. The summed E-state index contributed by atoms with van der Waals surface area (Å²) in [6, 6.07) is 5.16. The molecule has 0 atom stereocenters. The first-order chi connectivity index (χ1) is 12.9. The second kappa shape index (κ2) is 8.12. The highest BCUT2D eigenvalue weighted by atomic mass is 32.2. The largest absolute Gasteiger partial charge is 0.379 e. The van der Waals surface area contributed by atoms with E-state index in [9.17, 15) is 17.6 Å². The maximum absolute atomic E-state index is 14.1. The van der Waals surface area contributed by atoms with Gasteiger partial charge in [-0.05, 0) is 42.3 Å². The van der Waals surface area contributed by atoms with Crippen LogP contribution in [-0.2, 0) is 26.0 Å². The van der Waals surface area contributed by atoms with Crippen molar-refractivity contribution in [3.05, 3.63) is 53.6 Å². The summed E-state index contributed by atoms with van der Waals surface area (Å²) >= 11 is 0. The Morgan fingerprint density at radius 2 is 2.04 bits per heavy atom. The molecular formula is C18H20FN3O4S. The molecule has 1 fully saturated rings. The Labute approximate surface area is 157 Å². The van der Waals surface area contributed by atoms with E-state index >= 15 is 0 Å². The van der Waals surface area contributed by atoms with Gasteiger partial charge in [-0.2, -0.15) is 4.31 Å². The van der Waals surface area contributed by atoms with Crippen LogP contribution in [0.25, 0.3) is 0 Å². The molecule has 1 aromatic heterocycles. The van der Waals surface area contributed by atoms with E-state index in [1.165, 1.54) is 10.4 Å². The number of anilines is 1. The van der Waals surface area contributed by atoms with Gasteiger partial charge in [-0.1, -0.05) is 0 Å². The summed E-state index contributed by atoms with van der Waals surface area (Å²) in [7, 11) is -3.78. The number of ether oxygens (including phenoxy) is 1. The Hall–Kier alpha value is -2.36. The number of hydrogen-bond donors (Lipinski definition) is 1. The Balaban J connectivity index is 1.79. The Morgan fingerprint density at radius 3 is 2.74 bits per heavy atom. The van der Waals surface area contributed by atoms with E-state index in [0.29, 0.717) is 18.8 Å². The van der Waals surface area contributed by atoms with E-state index in [1.807, 2.05) is 6.92 Å². The number of hydrogen-bond acceptors (Lipinski definition) is 5. The van der Waals surface area contributed by atoms with Gasteiger partial charge in [-0.15, -0.1) is 0 Å². The van der Waals surface area contributed by atoms with Crippen LogP contribution in [0.4, 0.5) is 10.1 Å². The molecule has 1 aliphatic rings. The summed E-state index contributed by atoms with van der Waals surface area (Å²) in [5.74, 6) is -1.15. The van der Waals surface area contributed by atoms with E-state index < -0.39 is 21.7 Å². The highest BCUT2D eigenvalue weighted by molar-refractivity contribution is 7.89. The summed E-state index contributed by atoms with van der Waals surface area (Å²) in [5.41, 5.74) is 1.44. The van der Waals surface area contributed by atoms with E-state index in [1.54, 1.807) is 18.5 Å². The monoisotopic (exact) mass is 393 g/mol. The van der Waals surface area contributed by atoms with Crippen LogP contribution in [-0.4, -0.2) is 49.9 Å². The molecule has 2 aromatic rings. The molecule has 1 saturated heterocycles. The average molecular weight is 393 g/mol. The Morgan fingerprint density at radius 1 is 1.30 bits per heavy atom. The molecule has 0 aliphatic carbocycles. The van der Waals surface area contributed by atoms with Crippen molar-refractivity contribution in [1.29, 1.82) is 0 Å². The van der Waals surface area contributed by atoms with E-state index in [4.69, 9.17) is 4.74 Å². The number of benzene rings is 1. The molecule has 3 rings (SSSR count). The van der Waals surface area contributed by atoms with Crippen molar-refractivity contribution in [2.45, 2.75) is 18.2 Å². The van der Waals surface area contributed by atoms with Crippen molar-refractivity contribution >= 4 is 21.6 Å². The van der Waals surface area contributed by atoms with Crippen molar-refractivity contribution in [1.82, 2.24) is 9.29 Å². The fourth-order valence-corrected chi connectivity index (χ4v) is 4.18. The molecule has 0 unspecified atom stereocenters. The lowest BCUT2D eigenvalue weighted by molar-refractivity contribution is -0.115. The minimum atomic E-state index is -3.78. The minimum Gasteiger partial charge on any atom is -0.379 e. The fourth-order valence-electron chi connectivity index (χ4n) is 2.75. The minimum absolute atomic E-state index is 0.0134. The van der Waals surface area contributed by atoms with Gasteiger partial charge in [0.15, 0.2) is 0 Å². The number of halogens is 1. The van der Waals surface area contributed by atoms with Crippen LogP contribution in [0.5, 0.6) is 0 Å². The summed E-state index contributed by atoms with van der Waals surface area (Å²) < 4.78 is 46.0. The van der Waals surface area contributed by atoms with Crippen LogP contribution in [0.3, 0.4) is 0 Å². The smallest absolute Gasteiger partial charge is 0.243 e. The second-order valence-corrected chi connectivity index (χ2v) is 8.12. The number of pyridine rings is 1. The molecule has 1 aromatic carbocycles. The van der Waals surface area contributed by atoms with Gasteiger partial charge in [0.25, 0.3) is 0 Å². The van der Waals surface area contributed by atoms with Crippen LogP contribution in [0.1, 0.15) is 11.1 Å². The van der Waals surface area contributed by atoms with Gasteiger partial charge in [0.05, 0.1) is 30.2 Å². The van der Waals surface area contributed by atoms with Crippen molar-refractivity contribution in [2.24, 2.45) is 0 Å². The number of amides is 1. The van der Waals surface area contributed by atoms with Crippen molar-refractivity contribution in [2.75, 3.05) is 31.6 Å². The van der Waals surface area contributed by atoms with Crippen molar-refractivity contribution in [3.8, 4) is 0 Å². The highest BCUT2D eigenvalue weighted by Gasteiger charge is 2.27. The molecule has 0 spiro atoms. The molecule has 0 radical (unpaired) electrons. The maximum Gasteiger partial charge on any atom is 0.243 e. The summed E-state index contributed by atoms with van der Waals surface area (Å²) in [6.07, 6.45) is 3.21. The van der Waals surface area contributed by atoms with Crippen LogP contribution in [0, 0.1) is 12.7 Å². The molecule has 9 heteroatoms. The number of nitrogens with zero attached hydrogens (tertiary/aromatic N) is 2. The number of nitrogens with one attached hydrogen (secondary N) is 1. The zero-order chi connectivity index (χ0) is 19.4. The molecule has 0 saturated carbocycles. The first-order valence-electron chi connectivity index (χ1n) is 8.45. The van der Waals surface area contributed by atoms with Crippen LogP contribution >= 0.6 is 0 Å². The van der Waals surface area contributed by atoms with Crippen molar-refractivity contribution < 1.29 is 22.3 Å². The first-order valence-corrected chi connectivity index (χ1v) is 9.89. The number of carbonyl (C=O) groups excluding carboxylic acids is 1. The van der Waals surface area contributed by atoms with Crippen LogP contribution < -0.4 is 5.32 Å². The quantitative estimate of drug-likeness (QED) is 0.836. The Kier molecular flexibility index (Phi) is 5.83. The van der Waals surface area contributed by atoms with Gasteiger partial charge < -0.3 is 10.1 Å². The zero-order valence-corrected chi connectivity index (χ0v) is 15.6. The average Bonchev–Trinajstić information content (AvgIpc) is 2.66. The molecule has 7 nitrogen and oxygen atoms in total. The number of carbonyl (C=O) groups is 1. The van der Waals surface area contributed by atoms with Crippen LogP contribution in [0.15, 0.2) is 41.6 Å². The van der Waals surface area contributed by atoms with Crippen LogP contribution in [0.2, 0.25) is 0 Å². The molecule has 144 valence electrons. The number of rotatable bonds is 5. The topological polar surface area (TPSA) is 88.6 Å². The van der Waals surface area contributed by atoms with Crippen molar-refractivity contribution in [3.63, 3.8) is 0 Å². The van der Waals surface area contributed by atoms with Gasteiger partial charge in [-0.25, -0.2) is 12.8 Å². The summed E-state index contributed by atoms with van der Waals surface area (Å²) in [6.45, 7) is 2.95. The Bertz CT molecular complexity index is 943. The molecule has 27 heavy (non-hydrogen) atoms. The molecule has 1 amide bonds. The standard InChI is InChI=1S/C18H20FN3O4S/c1-13-4-5-20-12-14(13)10-18(23)21-17-11-15(2-3-16(17)19)27(24,25)22-6-8-26-9-7-22/h2-5,11-12H,6-10H2,1H3,(H,21,23). The fraction of sp³-hybridized carbons (Fsp3) is 0.333. The van der Waals surface area contributed by atoms with E-state index in [-0.39, 0.29) is 30.1 Å². The number of sulfonamides is 1. The highest BCUT2D eigenvalue weighted by Crippen LogP contribution is 2.23. The lowest BCUT2D eigenvalue weighted by Gasteiger charge is -2.26. The maximum atomic E-state index is 14.1. The third kappa shape index (κ3) is 4.49. The van der Waals surface area contributed by atoms with Gasteiger partial charge in [-0.3, -0.25) is 9.78 Å². The first kappa shape index (κ1) is 19.4. The van der Waals surface area contributed by atoms with Gasteiger partial charge in [0.2, 0.25) is 15.9 Å². The molecular weight excluding hydrogens is 373 g/mol.